The van der Waals surface area contributed by atoms with Crippen molar-refractivity contribution in [3.63, 3.8) is 0 Å². The van der Waals surface area contributed by atoms with Crippen LogP contribution in [0, 0.1) is 34.5 Å². The van der Waals surface area contributed by atoms with Gasteiger partial charge in [0, 0.05) is 18.4 Å². The van der Waals surface area contributed by atoms with E-state index >= 15 is 0 Å². The lowest BCUT2D eigenvalue weighted by Crippen LogP contribution is -2.54. The Morgan fingerprint density at radius 2 is 1.96 bits per heavy atom. The largest absolute Gasteiger partial charge is 0.395 e. The lowest BCUT2D eigenvalue weighted by molar-refractivity contribution is -0.134. The molecule has 4 fully saturated rings. The van der Waals surface area contributed by atoms with E-state index in [2.05, 4.69) is 32.0 Å². The molecule has 1 unspecified atom stereocenters. The summed E-state index contributed by atoms with van der Waals surface area (Å²) in [4.78, 5) is 18.0. The highest BCUT2D eigenvalue weighted by Gasteiger charge is 2.60. The van der Waals surface area contributed by atoms with Gasteiger partial charge in [-0.3, -0.25) is 4.79 Å². The van der Waals surface area contributed by atoms with Gasteiger partial charge in [-0.1, -0.05) is 30.7 Å². The van der Waals surface area contributed by atoms with Crippen molar-refractivity contribution >= 4 is 23.9 Å². The third-order valence-corrected chi connectivity index (χ3v) is 8.87. The average Bonchev–Trinajstić information content (AvgIpc) is 2.96. The summed E-state index contributed by atoms with van der Waals surface area (Å²) >= 11 is 0. The van der Waals surface area contributed by atoms with Crippen molar-refractivity contribution in [3.8, 4) is 0 Å². The van der Waals surface area contributed by atoms with Crippen molar-refractivity contribution in [2.75, 3.05) is 13.2 Å². The van der Waals surface area contributed by atoms with Crippen LogP contribution in [0.4, 0.5) is 0 Å². The van der Waals surface area contributed by atoms with Gasteiger partial charge in [-0.25, -0.2) is 0 Å². The number of allylic oxidation sites excluding steroid dienone is 2. The molecule has 4 saturated carbocycles. The van der Waals surface area contributed by atoms with Crippen LogP contribution in [-0.4, -0.2) is 24.6 Å². The predicted octanol–water partition coefficient (Wildman–Crippen LogP) is 4.91. The van der Waals surface area contributed by atoms with Crippen LogP contribution < -0.4 is 5.73 Å². The number of carbonyl (C=O) groups is 1. The Morgan fingerprint density at radius 3 is 2.68 bits per heavy atom. The first kappa shape index (κ1) is 21.8. The predicted molar refractivity (Wildman–Crippen MR) is 116 cm³/mol. The van der Waals surface area contributed by atoms with Crippen molar-refractivity contribution in [3.05, 3.63) is 11.6 Å². The molecule has 4 nitrogen and oxygen atoms in total. The number of ketones is 1. The molecule has 0 aliphatic heterocycles. The van der Waals surface area contributed by atoms with Gasteiger partial charge in [-0.05, 0) is 81.0 Å². The van der Waals surface area contributed by atoms with Crippen molar-refractivity contribution < 1.29 is 9.63 Å². The molecular weight excluding hydrogens is 372 g/mol. The number of hydrogen-bond donors (Lipinski definition) is 1. The third kappa shape index (κ3) is 3.25. The van der Waals surface area contributed by atoms with Crippen LogP contribution in [0.25, 0.3) is 0 Å². The van der Waals surface area contributed by atoms with Crippen LogP contribution in [0.3, 0.4) is 0 Å². The topological polar surface area (TPSA) is 64.7 Å². The average molecular weight is 409 g/mol. The second-order valence-corrected chi connectivity index (χ2v) is 9.90. The minimum atomic E-state index is -0.0411. The molecule has 6 atom stereocenters. The summed E-state index contributed by atoms with van der Waals surface area (Å²) in [5.74, 6) is 3.16. The molecule has 0 heterocycles. The first-order chi connectivity index (χ1) is 12.9. The van der Waals surface area contributed by atoms with Gasteiger partial charge in [0.25, 0.3) is 0 Å². The number of rotatable bonds is 3. The van der Waals surface area contributed by atoms with Crippen molar-refractivity contribution in [1.29, 1.82) is 0 Å². The molecule has 0 aromatic rings. The SMILES string of the molecule is C/C=C1\C[C@@H]2[C@H](CC[C@]3(C)C(=O)CC[C@@H]23)[C@@]2(C)CCC(=NOCCN)CC12.Cl. The summed E-state index contributed by atoms with van der Waals surface area (Å²) < 4.78 is 0. The van der Waals surface area contributed by atoms with E-state index in [4.69, 9.17) is 10.6 Å². The molecule has 5 heteroatoms. The van der Waals surface area contributed by atoms with E-state index in [-0.39, 0.29) is 17.8 Å². The van der Waals surface area contributed by atoms with Gasteiger partial charge < -0.3 is 10.6 Å². The standard InChI is InChI=1S/C23H36N2O2.ClH/c1-4-15-13-17-18-5-6-21(26)23(18,3)10-8-19(17)22(2)9-7-16(14-20(15)22)25-27-12-11-24;/h4,17-20H,5-14,24H2,1-3H3;1H/b15-4+,25-16?;/t17-,18-,19-,20?,22+,23-;/m0./s1. The normalized spacial score (nSPS) is 45.2. The molecule has 0 spiro atoms. The van der Waals surface area contributed by atoms with Gasteiger partial charge in [-0.15, -0.1) is 12.4 Å². The highest BCUT2D eigenvalue weighted by atomic mass is 35.5. The highest BCUT2D eigenvalue weighted by molar-refractivity contribution is 5.87. The number of halogens is 1. The van der Waals surface area contributed by atoms with Crippen LogP contribution in [0.15, 0.2) is 16.8 Å². The zero-order chi connectivity index (χ0) is 19.2. The number of fused-ring (bicyclic) bond motifs is 5. The molecule has 0 aromatic carbocycles. The van der Waals surface area contributed by atoms with E-state index in [0.717, 1.165) is 38.0 Å². The number of hydrogen-bond acceptors (Lipinski definition) is 4. The van der Waals surface area contributed by atoms with Gasteiger partial charge in [0.2, 0.25) is 0 Å². The summed E-state index contributed by atoms with van der Waals surface area (Å²) in [5.41, 5.74) is 8.63. The molecule has 4 rings (SSSR count). The zero-order valence-corrected chi connectivity index (χ0v) is 18.5. The van der Waals surface area contributed by atoms with Gasteiger partial charge in [0.1, 0.15) is 12.4 Å². The third-order valence-electron chi connectivity index (χ3n) is 8.87. The fourth-order valence-corrected chi connectivity index (χ4v) is 7.33. The number of carbonyl (C=O) groups excluding carboxylic acids is 1. The molecule has 0 saturated heterocycles. The fourth-order valence-electron chi connectivity index (χ4n) is 7.33. The minimum Gasteiger partial charge on any atom is -0.395 e. The maximum absolute atomic E-state index is 12.6. The van der Waals surface area contributed by atoms with Crippen molar-refractivity contribution in [2.45, 2.75) is 72.1 Å². The van der Waals surface area contributed by atoms with Crippen LogP contribution in [0.1, 0.15) is 72.1 Å². The highest BCUT2D eigenvalue weighted by Crippen LogP contribution is 2.66. The first-order valence-corrected chi connectivity index (χ1v) is 11.0. The quantitative estimate of drug-likeness (QED) is 0.410. The monoisotopic (exact) mass is 408 g/mol. The van der Waals surface area contributed by atoms with Crippen LogP contribution in [-0.2, 0) is 9.63 Å². The number of oxime groups is 1. The van der Waals surface area contributed by atoms with Gasteiger partial charge >= 0.3 is 0 Å². The Morgan fingerprint density at radius 1 is 1.18 bits per heavy atom. The Hall–Kier alpha value is -0.870. The number of Topliss-reactive ketones (excluding diaryl/α,β-unsaturated/α-hetero) is 1. The van der Waals surface area contributed by atoms with E-state index in [1.54, 1.807) is 5.57 Å². The Kier molecular flexibility index (Phi) is 6.32. The van der Waals surface area contributed by atoms with Crippen molar-refractivity contribution in [1.82, 2.24) is 0 Å². The van der Waals surface area contributed by atoms with Crippen LogP contribution in [0.5, 0.6) is 0 Å². The number of nitrogens with zero attached hydrogens (tertiary/aromatic N) is 1. The Labute approximate surface area is 176 Å². The van der Waals surface area contributed by atoms with E-state index in [1.807, 2.05) is 0 Å². The molecular formula is C23H37ClN2O2. The lowest BCUT2D eigenvalue weighted by Gasteiger charge is -2.60. The van der Waals surface area contributed by atoms with E-state index in [9.17, 15) is 4.79 Å². The number of nitrogens with two attached hydrogens (primary N) is 1. The maximum Gasteiger partial charge on any atom is 0.139 e. The zero-order valence-electron chi connectivity index (χ0n) is 17.7. The molecule has 0 amide bonds. The molecule has 0 radical (unpaired) electrons. The lowest BCUT2D eigenvalue weighted by atomic mass is 9.44. The van der Waals surface area contributed by atoms with Crippen LogP contribution in [0.2, 0.25) is 0 Å². The molecule has 28 heavy (non-hydrogen) atoms. The summed E-state index contributed by atoms with van der Waals surface area (Å²) in [6.45, 7) is 8.03. The second-order valence-electron chi connectivity index (χ2n) is 9.90. The van der Waals surface area contributed by atoms with Gasteiger partial charge in [0.05, 0.1) is 5.71 Å². The molecule has 0 bridgehead atoms. The molecule has 4 aliphatic carbocycles. The van der Waals surface area contributed by atoms with E-state index in [1.165, 1.54) is 25.0 Å². The molecule has 0 aromatic heterocycles. The Balaban J connectivity index is 0.00000225. The summed E-state index contributed by atoms with van der Waals surface area (Å²) in [7, 11) is 0. The van der Waals surface area contributed by atoms with Crippen molar-refractivity contribution in [2.24, 2.45) is 45.4 Å². The van der Waals surface area contributed by atoms with Gasteiger partial charge in [0.15, 0.2) is 0 Å². The molecule has 4 aliphatic rings. The van der Waals surface area contributed by atoms with Gasteiger partial charge in [-0.2, -0.15) is 0 Å². The van der Waals surface area contributed by atoms with Crippen LogP contribution >= 0.6 is 12.4 Å². The second kappa shape index (κ2) is 8.10. The summed E-state index contributed by atoms with van der Waals surface area (Å²) in [6.07, 6.45) is 11.1. The maximum atomic E-state index is 12.6. The summed E-state index contributed by atoms with van der Waals surface area (Å²) in [6, 6.07) is 0. The molecule has 158 valence electrons. The smallest absolute Gasteiger partial charge is 0.139 e. The molecule has 2 N–H and O–H groups in total. The van der Waals surface area contributed by atoms with E-state index < -0.39 is 0 Å². The Bertz CT molecular complexity index is 676. The minimum absolute atomic E-state index is 0. The van der Waals surface area contributed by atoms with E-state index in [0.29, 0.717) is 42.1 Å². The fraction of sp³-hybridized carbons (Fsp3) is 0.826. The first-order valence-electron chi connectivity index (χ1n) is 11.0. The summed E-state index contributed by atoms with van der Waals surface area (Å²) in [5, 5.41) is 4.41.